The van der Waals surface area contributed by atoms with E-state index in [1.807, 2.05) is 0 Å². The lowest BCUT2D eigenvalue weighted by Crippen LogP contribution is -2.52. The van der Waals surface area contributed by atoms with E-state index in [9.17, 15) is 4.79 Å². The minimum absolute atomic E-state index is 0.0993. The molecule has 2 aliphatic heterocycles. The number of hydrogen-bond acceptors (Lipinski definition) is 4. The van der Waals surface area contributed by atoms with Crippen molar-refractivity contribution >= 4 is 23.4 Å². The summed E-state index contributed by atoms with van der Waals surface area (Å²) in [7, 11) is 2.21. The number of pyridine rings is 1. The molecule has 0 spiro atoms. The van der Waals surface area contributed by atoms with E-state index in [4.69, 9.17) is 16.7 Å². The molecule has 2 aliphatic rings. The van der Waals surface area contributed by atoms with Crippen LogP contribution < -0.4 is 5.32 Å². The first kappa shape index (κ1) is 14.6. The molecule has 0 saturated carbocycles. The van der Waals surface area contributed by atoms with Gasteiger partial charge in [0.1, 0.15) is 5.82 Å². The molecule has 2 saturated heterocycles. The number of halogens is 1. The van der Waals surface area contributed by atoms with Crippen LogP contribution >= 0.6 is 11.6 Å². The van der Waals surface area contributed by atoms with Crippen molar-refractivity contribution in [2.24, 2.45) is 0 Å². The quantitative estimate of drug-likeness (QED) is 0.899. The fraction of sp³-hybridized carbons (Fsp3) is 0.600. The molecule has 0 radical (unpaired) electrons. The van der Waals surface area contributed by atoms with E-state index in [1.165, 1.54) is 31.5 Å². The van der Waals surface area contributed by atoms with Gasteiger partial charge in [-0.05, 0) is 38.8 Å². The Morgan fingerprint density at radius 2 is 2.10 bits per heavy atom. The number of carboxylic acid groups (broad SMARTS) is 1. The van der Waals surface area contributed by atoms with Gasteiger partial charge in [-0.1, -0.05) is 18.0 Å². The van der Waals surface area contributed by atoms with Crippen LogP contribution in [0.3, 0.4) is 0 Å². The summed E-state index contributed by atoms with van der Waals surface area (Å²) in [6.45, 7) is 0. The van der Waals surface area contributed by atoms with Crippen LogP contribution in [-0.4, -0.2) is 46.1 Å². The van der Waals surface area contributed by atoms with E-state index >= 15 is 0 Å². The summed E-state index contributed by atoms with van der Waals surface area (Å²) < 4.78 is 0. The molecular formula is C15H20ClN3O2. The standard InChI is InChI=1S/C15H20ClN3O2/c1-19-10-3-2-4-11(19)8-9(7-10)18-14-13(16)12(15(20)21)5-6-17-14/h5-6,9-11H,2-4,7-8H2,1H3,(H,17,18)(H,20,21). The number of fused-ring (bicyclic) bond motifs is 2. The molecule has 2 atom stereocenters. The maximum atomic E-state index is 11.1. The van der Waals surface area contributed by atoms with E-state index in [2.05, 4.69) is 22.2 Å². The Morgan fingerprint density at radius 3 is 2.71 bits per heavy atom. The number of carboxylic acids is 1. The highest BCUT2D eigenvalue weighted by Gasteiger charge is 2.36. The number of hydrogen-bond donors (Lipinski definition) is 2. The number of aromatic nitrogens is 1. The second-order valence-electron chi connectivity index (χ2n) is 6.04. The number of carbonyl (C=O) groups is 1. The lowest BCUT2D eigenvalue weighted by Gasteiger charge is -2.47. The van der Waals surface area contributed by atoms with Crippen molar-refractivity contribution in [3.8, 4) is 0 Å². The molecule has 0 aliphatic carbocycles. The average Bonchev–Trinajstić information content (AvgIpc) is 2.42. The monoisotopic (exact) mass is 309 g/mol. The molecule has 114 valence electrons. The first-order chi connectivity index (χ1) is 10.1. The van der Waals surface area contributed by atoms with Gasteiger partial charge >= 0.3 is 5.97 Å². The Balaban J connectivity index is 1.76. The van der Waals surface area contributed by atoms with Gasteiger partial charge in [0.05, 0.1) is 10.6 Å². The van der Waals surface area contributed by atoms with Crippen molar-refractivity contribution in [3.05, 3.63) is 22.8 Å². The molecule has 3 rings (SSSR count). The molecule has 1 aromatic heterocycles. The molecule has 2 unspecified atom stereocenters. The number of nitrogens with one attached hydrogen (secondary N) is 1. The van der Waals surface area contributed by atoms with E-state index in [-0.39, 0.29) is 10.6 Å². The zero-order valence-corrected chi connectivity index (χ0v) is 12.8. The van der Waals surface area contributed by atoms with Gasteiger partial charge in [0.25, 0.3) is 0 Å². The van der Waals surface area contributed by atoms with E-state index in [1.54, 1.807) is 0 Å². The predicted molar refractivity (Wildman–Crippen MR) is 82.0 cm³/mol. The van der Waals surface area contributed by atoms with E-state index in [0.717, 1.165) is 12.8 Å². The van der Waals surface area contributed by atoms with Gasteiger partial charge in [0.15, 0.2) is 0 Å². The summed E-state index contributed by atoms with van der Waals surface area (Å²) in [5.41, 5.74) is 0.0993. The lowest BCUT2D eigenvalue weighted by molar-refractivity contribution is 0.0607. The van der Waals surface area contributed by atoms with Crippen molar-refractivity contribution in [1.29, 1.82) is 0 Å². The summed E-state index contributed by atoms with van der Waals surface area (Å²) in [5, 5.41) is 12.7. The fourth-order valence-electron chi connectivity index (χ4n) is 3.64. The van der Waals surface area contributed by atoms with Crippen LogP contribution in [0, 0.1) is 0 Å². The first-order valence-electron chi connectivity index (χ1n) is 7.42. The number of anilines is 1. The van der Waals surface area contributed by atoms with E-state index < -0.39 is 5.97 Å². The van der Waals surface area contributed by atoms with Crippen molar-refractivity contribution in [1.82, 2.24) is 9.88 Å². The number of nitrogens with zero attached hydrogens (tertiary/aromatic N) is 2. The zero-order chi connectivity index (χ0) is 15.0. The van der Waals surface area contributed by atoms with Crippen LogP contribution in [0.2, 0.25) is 5.02 Å². The molecule has 21 heavy (non-hydrogen) atoms. The smallest absolute Gasteiger partial charge is 0.337 e. The topological polar surface area (TPSA) is 65.5 Å². The molecule has 5 nitrogen and oxygen atoms in total. The van der Waals surface area contributed by atoms with Gasteiger partial charge in [0.2, 0.25) is 0 Å². The maximum Gasteiger partial charge on any atom is 0.337 e. The summed E-state index contributed by atoms with van der Waals surface area (Å²) in [6, 6.07) is 2.96. The Hall–Kier alpha value is -1.33. The Morgan fingerprint density at radius 1 is 1.43 bits per heavy atom. The van der Waals surface area contributed by atoms with Crippen molar-refractivity contribution in [2.75, 3.05) is 12.4 Å². The molecular weight excluding hydrogens is 290 g/mol. The molecule has 1 aromatic rings. The normalized spacial score (nSPS) is 29.1. The van der Waals surface area contributed by atoms with Crippen LogP contribution in [-0.2, 0) is 0 Å². The zero-order valence-electron chi connectivity index (χ0n) is 12.1. The van der Waals surface area contributed by atoms with Gasteiger partial charge in [-0.15, -0.1) is 0 Å². The summed E-state index contributed by atoms with van der Waals surface area (Å²) in [6.07, 6.45) is 7.39. The van der Waals surface area contributed by atoms with Crippen molar-refractivity contribution in [3.63, 3.8) is 0 Å². The average molecular weight is 310 g/mol. The lowest BCUT2D eigenvalue weighted by atomic mass is 9.82. The third kappa shape index (κ3) is 2.85. The third-order valence-corrected chi connectivity index (χ3v) is 5.18. The van der Waals surface area contributed by atoms with Gasteiger partial charge in [0, 0.05) is 24.3 Å². The predicted octanol–water partition coefficient (Wildman–Crippen LogP) is 2.86. The molecule has 0 amide bonds. The van der Waals surface area contributed by atoms with Crippen LogP contribution in [0.15, 0.2) is 12.3 Å². The summed E-state index contributed by atoms with van der Waals surface area (Å²) >= 11 is 6.16. The molecule has 2 N–H and O–H groups in total. The van der Waals surface area contributed by atoms with Gasteiger partial charge in [-0.3, -0.25) is 0 Å². The van der Waals surface area contributed by atoms with Crippen molar-refractivity contribution in [2.45, 2.75) is 50.2 Å². The summed E-state index contributed by atoms with van der Waals surface area (Å²) in [5.74, 6) is -0.533. The summed E-state index contributed by atoms with van der Waals surface area (Å²) in [4.78, 5) is 17.8. The number of aromatic carboxylic acids is 1. The molecule has 3 heterocycles. The molecule has 2 fully saturated rings. The second kappa shape index (κ2) is 5.81. The largest absolute Gasteiger partial charge is 0.478 e. The van der Waals surface area contributed by atoms with Gasteiger partial charge < -0.3 is 15.3 Å². The van der Waals surface area contributed by atoms with Crippen LogP contribution in [0.4, 0.5) is 5.82 Å². The van der Waals surface area contributed by atoms with Gasteiger partial charge in [-0.2, -0.15) is 0 Å². The Labute approximate surface area is 129 Å². The SMILES string of the molecule is CN1C2CCCC1CC(Nc1nccc(C(=O)O)c1Cl)C2. The van der Waals surface area contributed by atoms with Crippen LogP contribution in [0.5, 0.6) is 0 Å². The minimum Gasteiger partial charge on any atom is -0.478 e. The van der Waals surface area contributed by atoms with E-state index in [0.29, 0.717) is 23.9 Å². The number of piperidine rings is 2. The van der Waals surface area contributed by atoms with Crippen LogP contribution in [0.1, 0.15) is 42.5 Å². The first-order valence-corrected chi connectivity index (χ1v) is 7.80. The molecule has 0 aromatic carbocycles. The van der Waals surface area contributed by atoms with Crippen LogP contribution in [0.25, 0.3) is 0 Å². The minimum atomic E-state index is -1.02. The van der Waals surface area contributed by atoms with Gasteiger partial charge in [-0.25, -0.2) is 9.78 Å². The molecule has 2 bridgehead atoms. The highest BCUT2D eigenvalue weighted by molar-refractivity contribution is 6.35. The fourth-order valence-corrected chi connectivity index (χ4v) is 3.88. The highest BCUT2D eigenvalue weighted by atomic mass is 35.5. The van der Waals surface area contributed by atoms with Crippen molar-refractivity contribution < 1.29 is 9.90 Å². The highest BCUT2D eigenvalue weighted by Crippen LogP contribution is 2.34. The number of rotatable bonds is 3. The maximum absolute atomic E-state index is 11.1. The second-order valence-corrected chi connectivity index (χ2v) is 6.42. The Bertz CT molecular complexity index is 538. The third-order valence-electron chi connectivity index (χ3n) is 4.80. The molecule has 6 heteroatoms. The Kier molecular flexibility index (Phi) is 4.04.